The third-order valence-corrected chi connectivity index (χ3v) is 7.84. The summed E-state index contributed by atoms with van der Waals surface area (Å²) < 4.78 is 0. The van der Waals surface area contributed by atoms with E-state index in [0.717, 1.165) is 0 Å². The summed E-state index contributed by atoms with van der Waals surface area (Å²) in [6.45, 7) is 2.28. The molecule has 0 N–H and O–H groups in total. The van der Waals surface area contributed by atoms with Crippen LogP contribution in [0.25, 0.3) is 0 Å². The van der Waals surface area contributed by atoms with Crippen molar-refractivity contribution in [2.75, 3.05) is 18.5 Å². The first kappa shape index (κ1) is 10.7. The zero-order valence-corrected chi connectivity index (χ0v) is 9.93. The lowest BCUT2D eigenvalue weighted by Crippen LogP contribution is -1.97. The second kappa shape index (κ2) is 5.40. The maximum absolute atomic E-state index is 5.82. The fraction of sp³-hybridized carbons (Fsp3) is 1.00. The van der Waals surface area contributed by atoms with Crippen LogP contribution in [0.2, 0.25) is 0 Å². The van der Waals surface area contributed by atoms with Crippen molar-refractivity contribution in [3.05, 3.63) is 0 Å². The minimum Gasteiger partial charge on any atom is -0.0975 e. The summed E-state index contributed by atoms with van der Waals surface area (Å²) in [5, 5.41) is 0. The molecule has 1 aliphatic heterocycles. The summed E-state index contributed by atoms with van der Waals surface area (Å²) in [5.74, 6) is 0. The van der Waals surface area contributed by atoms with Gasteiger partial charge in [-0.25, -0.2) is 0 Å². The van der Waals surface area contributed by atoms with Gasteiger partial charge < -0.3 is 0 Å². The molecule has 0 aliphatic carbocycles. The van der Waals surface area contributed by atoms with Crippen molar-refractivity contribution in [3.63, 3.8) is 0 Å². The molecule has 0 radical (unpaired) electrons. The smallest absolute Gasteiger partial charge is 0.0235 e. The van der Waals surface area contributed by atoms with Gasteiger partial charge in [0.25, 0.3) is 0 Å². The molecule has 72 valence electrons. The summed E-state index contributed by atoms with van der Waals surface area (Å²) in [6.07, 6.45) is 12.7. The van der Waals surface area contributed by atoms with Crippen LogP contribution in [0.4, 0.5) is 0 Å². The van der Waals surface area contributed by atoms with Crippen LogP contribution in [0.3, 0.4) is 0 Å². The highest BCUT2D eigenvalue weighted by atomic mass is 32.4. The summed E-state index contributed by atoms with van der Waals surface area (Å²) in [5.41, 5.74) is 0. The van der Waals surface area contributed by atoms with Gasteiger partial charge >= 0.3 is 0 Å². The maximum Gasteiger partial charge on any atom is -0.0235 e. The standard InChI is InChI=1S/C10H21PS/c1-2-3-8-11(12)9-6-4-5-7-10-11/h2-10H2,1H3. The van der Waals surface area contributed by atoms with Crippen LogP contribution >= 0.6 is 6.04 Å². The highest BCUT2D eigenvalue weighted by molar-refractivity contribution is 8.14. The highest BCUT2D eigenvalue weighted by Gasteiger charge is 2.17. The molecule has 2 heteroatoms. The van der Waals surface area contributed by atoms with Crippen LogP contribution in [0.1, 0.15) is 45.4 Å². The van der Waals surface area contributed by atoms with Crippen molar-refractivity contribution < 1.29 is 0 Å². The van der Waals surface area contributed by atoms with Crippen LogP contribution in [0.15, 0.2) is 0 Å². The van der Waals surface area contributed by atoms with Crippen molar-refractivity contribution >= 4 is 17.8 Å². The van der Waals surface area contributed by atoms with E-state index in [4.69, 9.17) is 11.8 Å². The summed E-state index contributed by atoms with van der Waals surface area (Å²) in [6, 6.07) is -0.840. The Kier molecular flexibility index (Phi) is 4.82. The SMILES string of the molecule is CCCCP1(=S)CCCCCC1. The van der Waals surface area contributed by atoms with Gasteiger partial charge in [0.1, 0.15) is 0 Å². The van der Waals surface area contributed by atoms with Gasteiger partial charge in [-0.05, 0) is 43.8 Å². The molecule has 1 rings (SSSR count). The second-order valence-corrected chi connectivity index (χ2v) is 9.78. The monoisotopic (exact) mass is 204 g/mol. The molecule has 0 aromatic carbocycles. The first-order valence-corrected chi connectivity index (χ1v) is 8.70. The minimum atomic E-state index is -0.840. The van der Waals surface area contributed by atoms with E-state index in [2.05, 4.69) is 6.92 Å². The first-order chi connectivity index (χ1) is 5.77. The number of hydrogen-bond acceptors (Lipinski definition) is 1. The van der Waals surface area contributed by atoms with Crippen LogP contribution < -0.4 is 0 Å². The maximum atomic E-state index is 5.82. The van der Waals surface area contributed by atoms with E-state index in [-0.39, 0.29) is 0 Å². The lowest BCUT2D eigenvalue weighted by atomic mass is 10.2. The van der Waals surface area contributed by atoms with Gasteiger partial charge in [-0.2, -0.15) is 0 Å². The molecule has 0 nitrogen and oxygen atoms in total. The van der Waals surface area contributed by atoms with Gasteiger partial charge in [0.15, 0.2) is 0 Å². The van der Waals surface area contributed by atoms with Crippen LogP contribution in [0, 0.1) is 0 Å². The Morgan fingerprint density at radius 1 is 1.08 bits per heavy atom. The van der Waals surface area contributed by atoms with Gasteiger partial charge in [-0.3, -0.25) is 0 Å². The van der Waals surface area contributed by atoms with E-state index in [1.807, 2.05) is 0 Å². The van der Waals surface area contributed by atoms with E-state index in [9.17, 15) is 0 Å². The third-order valence-electron chi connectivity index (χ3n) is 2.80. The van der Waals surface area contributed by atoms with Crippen LogP contribution in [-0.4, -0.2) is 18.5 Å². The molecule has 0 atom stereocenters. The Bertz CT molecular complexity index is 153. The Hall–Kier alpha value is 0.650. The van der Waals surface area contributed by atoms with Crippen molar-refractivity contribution in [2.24, 2.45) is 0 Å². The van der Waals surface area contributed by atoms with Gasteiger partial charge in [0.05, 0.1) is 0 Å². The predicted molar refractivity (Wildman–Crippen MR) is 62.3 cm³/mol. The van der Waals surface area contributed by atoms with E-state index in [1.165, 1.54) is 57.0 Å². The van der Waals surface area contributed by atoms with Crippen molar-refractivity contribution in [3.8, 4) is 0 Å². The Labute approximate surface area is 82.1 Å². The predicted octanol–water partition coefficient (Wildman–Crippen LogP) is 3.84. The second-order valence-electron chi connectivity index (χ2n) is 4.00. The molecule has 0 saturated carbocycles. The molecule has 0 aromatic heterocycles. The molecule has 12 heavy (non-hydrogen) atoms. The Morgan fingerprint density at radius 2 is 1.67 bits per heavy atom. The summed E-state index contributed by atoms with van der Waals surface area (Å²) >= 11 is 5.82. The average Bonchev–Trinajstić information content (AvgIpc) is 2.27. The van der Waals surface area contributed by atoms with E-state index in [1.54, 1.807) is 0 Å². The topological polar surface area (TPSA) is 0 Å². The summed E-state index contributed by atoms with van der Waals surface area (Å²) in [7, 11) is 0. The summed E-state index contributed by atoms with van der Waals surface area (Å²) in [4.78, 5) is 0. The van der Waals surface area contributed by atoms with Crippen molar-refractivity contribution in [1.29, 1.82) is 0 Å². The third kappa shape index (κ3) is 3.58. The van der Waals surface area contributed by atoms with Crippen molar-refractivity contribution in [2.45, 2.75) is 45.4 Å². The molecule has 1 aliphatic rings. The largest absolute Gasteiger partial charge is 0.0975 e. The average molecular weight is 204 g/mol. The van der Waals surface area contributed by atoms with Crippen LogP contribution in [-0.2, 0) is 11.8 Å². The molecule has 0 spiro atoms. The highest BCUT2D eigenvalue weighted by Crippen LogP contribution is 2.50. The zero-order valence-electron chi connectivity index (χ0n) is 8.22. The first-order valence-electron chi connectivity index (χ1n) is 5.34. The van der Waals surface area contributed by atoms with Gasteiger partial charge in [0.2, 0.25) is 0 Å². The van der Waals surface area contributed by atoms with Gasteiger partial charge in [0, 0.05) is 0 Å². The molecule has 0 amide bonds. The molecular formula is C10H21PS. The number of rotatable bonds is 3. The molecule has 0 bridgehead atoms. The van der Waals surface area contributed by atoms with Gasteiger partial charge in [-0.1, -0.05) is 38.0 Å². The van der Waals surface area contributed by atoms with Crippen molar-refractivity contribution in [1.82, 2.24) is 0 Å². The Balaban J connectivity index is 2.38. The molecule has 0 aromatic rings. The molecule has 1 heterocycles. The zero-order chi connectivity index (χ0) is 8.86. The Morgan fingerprint density at radius 3 is 2.17 bits per heavy atom. The van der Waals surface area contributed by atoms with E-state index in [0.29, 0.717) is 0 Å². The van der Waals surface area contributed by atoms with Crippen LogP contribution in [0.5, 0.6) is 0 Å². The molecular weight excluding hydrogens is 183 g/mol. The van der Waals surface area contributed by atoms with E-state index < -0.39 is 6.04 Å². The normalized spacial score (nSPS) is 23.4. The fourth-order valence-electron chi connectivity index (χ4n) is 1.94. The lowest BCUT2D eigenvalue weighted by molar-refractivity contribution is 0.726. The molecule has 0 unspecified atom stereocenters. The molecule has 1 fully saturated rings. The quantitative estimate of drug-likeness (QED) is 0.629. The molecule has 1 saturated heterocycles. The number of hydrogen-bond donors (Lipinski definition) is 0. The minimum absolute atomic E-state index is 0.840. The fourth-order valence-corrected chi connectivity index (χ4v) is 6.26. The lowest BCUT2D eigenvalue weighted by Gasteiger charge is -2.18. The number of unbranched alkanes of at least 4 members (excludes halogenated alkanes) is 1. The van der Waals surface area contributed by atoms with E-state index >= 15 is 0 Å². The van der Waals surface area contributed by atoms with Gasteiger partial charge in [-0.15, -0.1) is 0 Å².